The molecule has 3 rings (SSSR count). The van der Waals surface area contributed by atoms with Gasteiger partial charge >= 0.3 is 19.3 Å². The number of rotatable bonds is 10. The van der Waals surface area contributed by atoms with Crippen LogP contribution >= 0.6 is 7.60 Å². The molecule has 0 amide bonds. The summed E-state index contributed by atoms with van der Waals surface area (Å²) in [5.41, 5.74) is -5.98. The SMILES string of the molecule is [2H]C([2H])(O[P@@](=O)(C[C@@H](C)C(=O)OC(C)C)Oc1ccccc1)[C@H]1O[C@@H](n2cc(F)c(=O)[nH]c2=O)C(F)(C#CC)[C@H]1O. The van der Waals surface area contributed by atoms with Gasteiger partial charge in [0.05, 0.1) is 33.7 Å². The second-order valence-electron chi connectivity index (χ2n) is 8.93. The van der Waals surface area contributed by atoms with Gasteiger partial charge in [-0.1, -0.05) is 31.0 Å². The van der Waals surface area contributed by atoms with E-state index in [0.717, 1.165) is 0 Å². The number of aromatic nitrogens is 2. The van der Waals surface area contributed by atoms with Crippen LogP contribution in [0.15, 0.2) is 46.1 Å². The topological polar surface area (TPSA) is 146 Å². The highest BCUT2D eigenvalue weighted by Crippen LogP contribution is 2.51. The van der Waals surface area contributed by atoms with Crippen molar-refractivity contribution in [3.05, 3.63) is 63.2 Å². The van der Waals surface area contributed by atoms with Crippen molar-refractivity contribution in [3.8, 4) is 17.6 Å². The lowest BCUT2D eigenvalue weighted by molar-refractivity contribution is -0.151. The Hall–Kier alpha value is -3.30. The van der Waals surface area contributed by atoms with Crippen molar-refractivity contribution in [2.24, 2.45) is 5.92 Å². The Morgan fingerprint density at radius 3 is 2.62 bits per heavy atom. The molecule has 6 atom stereocenters. The predicted molar refractivity (Wildman–Crippen MR) is 134 cm³/mol. The predicted octanol–water partition coefficient (Wildman–Crippen LogP) is 2.54. The van der Waals surface area contributed by atoms with Crippen LogP contribution in [0.25, 0.3) is 0 Å². The van der Waals surface area contributed by atoms with Gasteiger partial charge in [0, 0.05) is 0 Å². The van der Waals surface area contributed by atoms with Crippen LogP contribution in [0.1, 0.15) is 36.7 Å². The Balaban J connectivity index is 2.01. The van der Waals surface area contributed by atoms with Gasteiger partial charge in [0.15, 0.2) is 6.23 Å². The fraction of sp³-hybridized carbons (Fsp3) is 0.480. The number of nitrogens with one attached hydrogen (secondary N) is 1. The number of halogens is 2. The van der Waals surface area contributed by atoms with E-state index in [1.165, 1.54) is 38.1 Å². The van der Waals surface area contributed by atoms with Crippen LogP contribution in [-0.4, -0.2) is 57.3 Å². The minimum absolute atomic E-state index is 0.0196. The van der Waals surface area contributed by atoms with Gasteiger partial charge in [-0.15, -0.1) is 5.92 Å². The van der Waals surface area contributed by atoms with Crippen molar-refractivity contribution >= 4 is 13.6 Å². The molecule has 14 heteroatoms. The molecule has 0 radical (unpaired) electrons. The summed E-state index contributed by atoms with van der Waals surface area (Å²) in [6.07, 6.45) is -7.99. The van der Waals surface area contributed by atoms with E-state index in [-0.39, 0.29) is 10.3 Å². The number of aromatic amines is 1. The van der Waals surface area contributed by atoms with Gasteiger partial charge in [-0.25, -0.2) is 13.8 Å². The minimum atomic E-state index is -4.67. The van der Waals surface area contributed by atoms with Crippen LogP contribution in [0.2, 0.25) is 0 Å². The number of esters is 1. The Bertz CT molecular complexity index is 1490. The van der Waals surface area contributed by atoms with Gasteiger partial charge in [-0.05, 0) is 32.9 Å². The van der Waals surface area contributed by atoms with Gasteiger partial charge in [0.25, 0.3) is 5.56 Å². The number of alkyl halides is 1. The maximum atomic E-state index is 16.2. The first-order valence-corrected chi connectivity index (χ1v) is 13.5. The summed E-state index contributed by atoms with van der Waals surface area (Å²) >= 11 is 0. The van der Waals surface area contributed by atoms with Gasteiger partial charge in [-0.2, -0.15) is 4.39 Å². The molecule has 1 aliphatic heterocycles. The zero-order valence-electron chi connectivity index (χ0n) is 23.4. The van der Waals surface area contributed by atoms with E-state index >= 15 is 4.39 Å². The van der Waals surface area contributed by atoms with Crippen molar-refractivity contribution in [1.29, 1.82) is 0 Å². The molecule has 0 bridgehead atoms. The number of aliphatic hydroxyl groups excluding tert-OH is 1. The number of hydrogen-bond donors (Lipinski definition) is 2. The molecule has 212 valence electrons. The second-order valence-corrected chi connectivity index (χ2v) is 10.9. The Labute approximate surface area is 225 Å². The number of para-hydroxylation sites is 1. The zero-order chi connectivity index (χ0) is 30.8. The number of carbonyl (C=O) groups excluding carboxylic acids is 1. The van der Waals surface area contributed by atoms with Crippen LogP contribution in [0.3, 0.4) is 0 Å². The summed E-state index contributed by atoms with van der Waals surface area (Å²) in [5.74, 6) is 0.769. The lowest BCUT2D eigenvalue weighted by Gasteiger charge is -2.25. The minimum Gasteiger partial charge on any atom is -0.463 e. The van der Waals surface area contributed by atoms with E-state index in [1.54, 1.807) is 24.9 Å². The summed E-state index contributed by atoms with van der Waals surface area (Å²) in [6, 6.07) is 7.46. The third-order valence-electron chi connectivity index (χ3n) is 5.39. The quantitative estimate of drug-likeness (QED) is 0.249. The van der Waals surface area contributed by atoms with Crippen molar-refractivity contribution in [2.75, 3.05) is 12.7 Å². The zero-order valence-corrected chi connectivity index (χ0v) is 22.3. The maximum Gasteiger partial charge on any atom is 0.380 e. The normalized spacial score (nSPS) is 26.0. The van der Waals surface area contributed by atoms with Crippen molar-refractivity contribution in [1.82, 2.24) is 9.55 Å². The molecule has 1 aromatic carbocycles. The van der Waals surface area contributed by atoms with E-state index < -0.39 is 79.5 Å². The van der Waals surface area contributed by atoms with Gasteiger partial charge < -0.3 is 19.1 Å². The molecule has 2 aromatic rings. The lowest BCUT2D eigenvalue weighted by Crippen LogP contribution is -2.45. The van der Waals surface area contributed by atoms with E-state index in [9.17, 15) is 28.4 Å². The number of carbonyl (C=O) groups is 1. The van der Waals surface area contributed by atoms with E-state index in [4.69, 9.17) is 21.3 Å². The first-order valence-electron chi connectivity index (χ1n) is 12.7. The number of hydrogen-bond acceptors (Lipinski definition) is 9. The van der Waals surface area contributed by atoms with Crippen molar-refractivity contribution < 1.29 is 44.5 Å². The molecule has 2 N–H and O–H groups in total. The molecule has 1 aliphatic rings. The smallest absolute Gasteiger partial charge is 0.380 e. The molecule has 1 aromatic heterocycles. The fourth-order valence-corrected chi connectivity index (χ4v) is 5.34. The van der Waals surface area contributed by atoms with E-state index in [1.807, 2.05) is 5.92 Å². The van der Waals surface area contributed by atoms with Gasteiger partial charge in [0.1, 0.15) is 18.0 Å². The Kier molecular flexibility index (Phi) is 8.57. The monoisotopic (exact) mass is 572 g/mol. The molecule has 0 aliphatic carbocycles. The first kappa shape index (κ1) is 27.3. The number of nitrogens with zero attached hydrogens (tertiary/aromatic N) is 1. The number of ether oxygens (including phenoxy) is 2. The van der Waals surface area contributed by atoms with Crippen LogP contribution in [0, 0.1) is 23.6 Å². The highest BCUT2D eigenvalue weighted by Gasteiger charge is 2.58. The third-order valence-corrected chi connectivity index (χ3v) is 7.26. The highest BCUT2D eigenvalue weighted by molar-refractivity contribution is 7.54. The molecule has 2 heterocycles. The summed E-state index contributed by atoms with van der Waals surface area (Å²) < 4.78 is 82.6. The van der Waals surface area contributed by atoms with Crippen LogP contribution in [0.4, 0.5) is 8.78 Å². The molecule has 11 nitrogen and oxygen atoms in total. The van der Waals surface area contributed by atoms with Crippen molar-refractivity contribution in [2.45, 2.75) is 57.9 Å². The number of H-pyrrole nitrogens is 1. The van der Waals surface area contributed by atoms with Crippen LogP contribution < -0.4 is 15.8 Å². The second kappa shape index (κ2) is 12.3. The number of benzene rings is 1. The maximum absolute atomic E-state index is 16.2. The average molecular weight is 572 g/mol. The standard InChI is InChI=1S/C25H29F2N2O9P/c1-5-11-25(27)20(30)19(37-23(25)29-12-18(26)21(31)28-24(29)33)13-35-39(34,38-17-9-7-6-8-10-17)14-16(4)22(32)36-15(2)3/h6-10,12,15-16,19-20,23,30H,13-14H2,1-4H3,(H,28,31,33)/t16-,19-,20+,23-,25?,39+/m1/s1/i13D2. The van der Waals surface area contributed by atoms with Crippen LogP contribution in [-0.2, 0) is 23.4 Å². The number of aliphatic hydroxyl groups is 1. The molecule has 1 fully saturated rings. The summed E-state index contributed by atoms with van der Waals surface area (Å²) in [7, 11) is -4.67. The molecule has 0 saturated carbocycles. The highest BCUT2D eigenvalue weighted by atomic mass is 31.2. The summed E-state index contributed by atoms with van der Waals surface area (Å²) in [4.78, 5) is 37.9. The first-order chi connectivity index (χ1) is 19.0. The van der Waals surface area contributed by atoms with E-state index in [0.29, 0.717) is 6.20 Å². The van der Waals surface area contributed by atoms with Gasteiger partial charge in [0.2, 0.25) is 11.5 Å². The third kappa shape index (κ3) is 7.02. The summed E-state index contributed by atoms with van der Waals surface area (Å²) in [6.45, 7) is 2.40. The molecule has 1 unspecified atom stereocenters. The van der Waals surface area contributed by atoms with Crippen molar-refractivity contribution in [3.63, 3.8) is 0 Å². The lowest BCUT2D eigenvalue weighted by atomic mass is 9.96. The van der Waals surface area contributed by atoms with Crippen LogP contribution in [0.5, 0.6) is 5.75 Å². The molecule has 39 heavy (non-hydrogen) atoms. The largest absolute Gasteiger partial charge is 0.463 e. The molecular weight excluding hydrogens is 541 g/mol. The average Bonchev–Trinajstić information content (AvgIpc) is 3.12. The Morgan fingerprint density at radius 2 is 2.00 bits per heavy atom. The summed E-state index contributed by atoms with van der Waals surface area (Å²) in [5, 5.41) is 10.9. The van der Waals surface area contributed by atoms with E-state index in [2.05, 4.69) is 5.92 Å². The molecular formula is C25H29F2N2O9P. The van der Waals surface area contributed by atoms with Gasteiger partial charge in [-0.3, -0.25) is 23.7 Å². The fourth-order valence-electron chi connectivity index (χ4n) is 3.63. The molecule has 1 saturated heterocycles. The Morgan fingerprint density at radius 1 is 1.33 bits per heavy atom. The molecule has 0 spiro atoms.